The van der Waals surface area contributed by atoms with Crippen molar-refractivity contribution >= 4 is 23.4 Å². The zero-order chi connectivity index (χ0) is 18.8. The quantitative estimate of drug-likeness (QED) is 0.696. The van der Waals surface area contributed by atoms with Gasteiger partial charge in [0.2, 0.25) is 11.1 Å². The minimum atomic E-state index is -0.296. The number of thioether (sulfide) groups is 1. The third-order valence-corrected chi connectivity index (χ3v) is 5.16. The summed E-state index contributed by atoms with van der Waals surface area (Å²) < 4.78 is 14.7. The Labute approximate surface area is 155 Å². The van der Waals surface area contributed by atoms with Crippen molar-refractivity contribution in [2.45, 2.75) is 38.9 Å². The van der Waals surface area contributed by atoms with E-state index in [1.165, 1.54) is 23.9 Å². The molecule has 136 valence electrons. The summed E-state index contributed by atoms with van der Waals surface area (Å²) in [6.07, 6.45) is 0. The van der Waals surface area contributed by atoms with Gasteiger partial charge in [0.1, 0.15) is 5.82 Å². The molecule has 2 aromatic heterocycles. The first-order valence-electron chi connectivity index (χ1n) is 8.23. The van der Waals surface area contributed by atoms with Crippen LogP contribution in [0, 0.1) is 26.6 Å². The topological polar surface area (TPSA) is 72.2 Å². The summed E-state index contributed by atoms with van der Waals surface area (Å²) in [7, 11) is 0. The summed E-state index contributed by atoms with van der Waals surface area (Å²) in [6, 6.07) is 5.89. The van der Waals surface area contributed by atoms with Gasteiger partial charge in [-0.25, -0.2) is 13.9 Å². The first-order chi connectivity index (χ1) is 12.3. The summed E-state index contributed by atoms with van der Waals surface area (Å²) in [5.41, 5.74) is 3.83. The van der Waals surface area contributed by atoms with Crippen molar-refractivity contribution in [3.63, 3.8) is 0 Å². The molecule has 0 bridgehead atoms. The van der Waals surface area contributed by atoms with Crippen LogP contribution in [0.25, 0.3) is 5.78 Å². The number of carbonyl (C=O) groups excluding carboxylic acids is 1. The molecule has 3 aromatic rings. The zero-order valence-electron chi connectivity index (χ0n) is 15.1. The lowest BCUT2D eigenvalue weighted by atomic mass is 10.1. The highest BCUT2D eigenvalue weighted by molar-refractivity contribution is 7.99. The fraction of sp³-hybridized carbons (Fsp3) is 0.333. The Kier molecular flexibility index (Phi) is 5.22. The molecule has 1 aromatic carbocycles. The maximum atomic E-state index is 13.0. The van der Waals surface area contributed by atoms with E-state index in [0.29, 0.717) is 10.9 Å². The summed E-state index contributed by atoms with van der Waals surface area (Å²) in [6.45, 7) is 7.76. The molecule has 1 atom stereocenters. The second kappa shape index (κ2) is 7.41. The van der Waals surface area contributed by atoms with Gasteiger partial charge in [0, 0.05) is 11.4 Å². The lowest BCUT2D eigenvalue weighted by Crippen LogP contribution is -2.28. The molecule has 3 rings (SSSR count). The number of amides is 1. The number of rotatable bonds is 5. The number of carbonyl (C=O) groups is 1. The molecule has 0 radical (unpaired) electrons. The van der Waals surface area contributed by atoms with Crippen LogP contribution in [0.15, 0.2) is 29.4 Å². The van der Waals surface area contributed by atoms with E-state index >= 15 is 0 Å². The van der Waals surface area contributed by atoms with E-state index in [9.17, 15) is 9.18 Å². The third-order valence-electron chi connectivity index (χ3n) is 4.32. The van der Waals surface area contributed by atoms with E-state index in [0.717, 1.165) is 22.5 Å². The summed E-state index contributed by atoms with van der Waals surface area (Å²) >= 11 is 1.26. The van der Waals surface area contributed by atoms with Crippen LogP contribution in [0.1, 0.15) is 35.5 Å². The first kappa shape index (κ1) is 18.3. The Hall–Kier alpha value is -2.48. The number of nitrogens with zero attached hydrogens (tertiary/aromatic N) is 4. The number of aryl methyl sites for hydroxylation is 2. The number of benzene rings is 1. The smallest absolute Gasteiger partial charge is 0.253 e. The van der Waals surface area contributed by atoms with E-state index < -0.39 is 0 Å². The predicted octanol–water partition coefficient (Wildman–Crippen LogP) is 3.16. The maximum Gasteiger partial charge on any atom is 0.253 e. The predicted molar refractivity (Wildman–Crippen MR) is 98.7 cm³/mol. The van der Waals surface area contributed by atoms with E-state index in [1.54, 1.807) is 16.6 Å². The van der Waals surface area contributed by atoms with Crippen molar-refractivity contribution in [1.82, 2.24) is 24.9 Å². The molecule has 0 unspecified atom stereocenters. The first-order valence-corrected chi connectivity index (χ1v) is 9.22. The normalized spacial score (nSPS) is 12.3. The Morgan fingerprint density at radius 2 is 1.92 bits per heavy atom. The van der Waals surface area contributed by atoms with Gasteiger partial charge in [0.25, 0.3) is 5.78 Å². The molecule has 0 saturated heterocycles. The fourth-order valence-corrected chi connectivity index (χ4v) is 3.18. The van der Waals surface area contributed by atoms with Gasteiger partial charge in [-0.3, -0.25) is 4.79 Å². The molecule has 0 aliphatic rings. The van der Waals surface area contributed by atoms with Gasteiger partial charge in [0.05, 0.1) is 11.8 Å². The van der Waals surface area contributed by atoms with Gasteiger partial charge in [-0.05, 0) is 51.0 Å². The average molecular weight is 373 g/mol. The average Bonchev–Trinajstić information content (AvgIpc) is 3.01. The molecule has 0 aliphatic carbocycles. The van der Waals surface area contributed by atoms with E-state index in [2.05, 4.69) is 20.4 Å². The van der Waals surface area contributed by atoms with Gasteiger partial charge >= 0.3 is 0 Å². The number of hydrogen-bond acceptors (Lipinski definition) is 5. The van der Waals surface area contributed by atoms with E-state index in [-0.39, 0.29) is 23.5 Å². The molecule has 1 amide bonds. The van der Waals surface area contributed by atoms with Gasteiger partial charge in [-0.15, -0.1) is 5.10 Å². The molecule has 26 heavy (non-hydrogen) atoms. The Morgan fingerprint density at radius 3 is 2.62 bits per heavy atom. The van der Waals surface area contributed by atoms with Crippen LogP contribution < -0.4 is 5.32 Å². The van der Waals surface area contributed by atoms with Crippen molar-refractivity contribution in [3.05, 3.63) is 52.6 Å². The third kappa shape index (κ3) is 3.85. The minimum Gasteiger partial charge on any atom is -0.349 e. The van der Waals surface area contributed by atoms with Crippen LogP contribution in [0.3, 0.4) is 0 Å². The van der Waals surface area contributed by atoms with E-state index in [4.69, 9.17) is 0 Å². The molecule has 8 heteroatoms. The van der Waals surface area contributed by atoms with Crippen molar-refractivity contribution < 1.29 is 9.18 Å². The minimum absolute atomic E-state index is 0.136. The highest BCUT2D eigenvalue weighted by Crippen LogP contribution is 2.18. The highest BCUT2D eigenvalue weighted by Gasteiger charge is 2.14. The number of hydrogen-bond donors (Lipinski definition) is 1. The second-order valence-electron chi connectivity index (χ2n) is 6.14. The molecule has 0 saturated carbocycles. The number of nitrogens with one attached hydrogen (secondary N) is 1. The standard InChI is InChI=1S/C18H20FN5OS/c1-10-11(2)21-17-22-18(23-24(17)13(10)4)26-9-16(25)20-12(3)14-5-7-15(19)8-6-14/h5-8,12H,9H2,1-4H3,(H,20,25)/t12-/m0/s1. The monoisotopic (exact) mass is 373 g/mol. The molecule has 6 nitrogen and oxygen atoms in total. The van der Waals surface area contributed by atoms with Crippen molar-refractivity contribution in [2.75, 3.05) is 5.75 Å². The van der Waals surface area contributed by atoms with Crippen molar-refractivity contribution in [1.29, 1.82) is 0 Å². The Balaban J connectivity index is 1.63. The number of halogens is 1. The molecular weight excluding hydrogens is 353 g/mol. The van der Waals surface area contributed by atoms with Crippen LogP contribution in [0.2, 0.25) is 0 Å². The van der Waals surface area contributed by atoms with Gasteiger partial charge in [0.15, 0.2) is 0 Å². The van der Waals surface area contributed by atoms with Gasteiger partial charge in [-0.2, -0.15) is 4.98 Å². The summed E-state index contributed by atoms with van der Waals surface area (Å²) in [5.74, 6) is 0.297. The fourth-order valence-electron chi connectivity index (χ4n) is 2.55. The van der Waals surface area contributed by atoms with E-state index in [1.807, 2.05) is 27.7 Å². The molecule has 0 aliphatic heterocycles. The van der Waals surface area contributed by atoms with Crippen LogP contribution in [0.5, 0.6) is 0 Å². The second-order valence-corrected chi connectivity index (χ2v) is 7.09. The summed E-state index contributed by atoms with van der Waals surface area (Å²) in [4.78, 5) is 21.0. The van der Waals surface area contributed by atoms with Crippen LogP contribution in [-0.2, 0) is 4.79 Å². The van der Waals surface area contributed by atoms with Gasteiger partial charge < -0.3 is 5.32 Å². The highest BCUT2D eigenvalue weighted by atomic mass is 32.2. The Morgan fingerprint density at radius 1 is 1.23 bits per heavy atom. The largest absolute Gasteiger partial charge is 0.349 e. The van der Waals surface area contributed by atoms with Crippen molar-refractivity contribution in [3.8, 4) is 0 Å². The summed E-state index contributed by atoms with van der Waals surface area (Å²) in [5, 5.41) is 7.82. The van der Waals surface area contributed by atoms with Gasteiger partial charge in [-0.1, -0.05) is 23.9 Å². The molecule has 0 spiro atoms. The van der Waals surface area contributed by atoms with Crippen molar-refractivity contribution in [2.24, 2.45) is 0 Å². The number of aromatic nitrogens is 4. The molecular formula is C18H20FN5OS. The molecule has 1 N–H and O–H groups in total. The maximum absolute atomic E-state index is 13.0. The van der Waals surface area contributed by atoms with Crippen LogP contribution >= 0.6 is 11.8 Å². The molecule has 0 fully saturated rings. The number of fused-ring (bicyclic) bond motifs is 1. The zero-order valence-corrected chi connectivity index (χ0v) is 15.9. The Bertz CT molecular complexity index is 954. The lowest BCUT2D eigenvalue weighted by molar-refractivity contribution is -0.119. The SMILES string of the molecule is Cc1nc2nc(SCC(=O)N[C@@H](C)c3ccc(F)cc3)nn2c(C)c1C. The molecule has 2 heterocycles. The van der Waals surface area contributed by atoms with Crippen LogP contribution in [-0.4, -0.2) is 31.2 Å². The lowest BCUT2D eigenvalue weighted by Gasteiger charge is -2.13. The van der Waals surface area contributed by atoms with Crippen LogP contribution in [0.4, 0.5) is 4.39 Å².